The molecule has 0 aliphatic carbocycles. The number of hydrogen-bond acceptors (Lipinski definition) is 7. The third kappa shape index (κ3) is 7.74. The molecule has 1 amide bonds. The zero-order chi connectivity index (χ0) is 19.5. The van der Waals surface area contributed by atoms with Gasteiger partial charge in [0.05, 0.1) is 5.56 Å². The van der Waals surface area contributed by atoms with E-state index in [-0.39, 0.29) is 18.5 Å². The molecule has 0 radical (unpaired) electrons. The van der Waals surface area contributed by atoms with Crippen LogP contribution in [-0.2, 0) is 14.3 Å². The van der Waals surface area contributed by atoms with E-state index >= 15 is 0 Å². The highest BCUT2D eigenvalue weighted by Gasteiger charge is 2.09. The maximum Gasteiger partial charge on any atom is 0.410 e. The lowest BCUT2D eigenvalue weighted by Crippen LogP contribution is -2.27. The van der Waals surface area contributed by atoms with E-state index in [0.717, 1.165) is 0 Å². The van der Waals surface area contributed by atoms with E-state index in [1.807, 2.05) is 0 Å². The molecule has 2 rings (SSSR count). The van der Waals surface area contributed by atoms with Crippen LogP contribution in [0.3, 0.4) is 0 Å². The Bertz CT molecular complexity index is 767. The van der Waals surface area contributed by atoms with Crippen molar-refractivity contribution in [1.29, 1.82) is 0 Å². The highest BCUT2D eigenvalue weighted by atomic mass is 35.5. The van der Waals surface area contributed by atoms with Crippen molar-refractivity contribution >= 4 is 29.6 Å². The molecule has 1 aromatic carbocycles. The molecule has 0 aliphatic rings. The number of carbonyl (C=O) groups excluding carboxylic acids is 3. The van der Waals surface area contributed by atoms with Crippen LogP contribution in [0.15, 0.2) is 48.8 Å². The van der Waals surface area contributed by atoms with Crippen LogP contribution in [0.5, 0.6) is 5.75 Å². The van der Waals surface area contributed by atoms with Gasteiger partial charge in [0.15, 0.2) is 0 Å². The summed E-state index contributed by atoms with van der Waals surface area (Å²) in [6.07, 6.45) is 2.56. The highest BCUT2D eigenvalue weighted by Crippen LogP contribution is 2.16. The summed E-state index contributed by atoms with van der Waals surface area (Å²) < 4.78 is 14.6. The van der Waals surface area contributed by atoms with E-state index in [1.165, 1.54) is 18.5 Å². The summed E-state index contributed by atoms with van der Waals surface area (Å²) >= 11 is 5.74. The number of amides is 1. The molecule has 0 unspecified atom stereocenters. The number of ether oxygens (including phenoxy) is 3. The number of alkyl carbamates (subject to hydrolysis) is 1. The van der Waals surface area contributed by atoms with Crippen molar-refractivity contribution in [2.24, 2.45) is 0 Å². The van der Waals surface area contributed by atoms with Crippen molar-refractivity contribution in [2.45, 2.75) is 12.8 Å². The van der Waals surface area contributed by atoms with Crippen LogP contribution in [0.2, 0.25) is 5.02 Å². The van der Waals surface area contributed by atoms with Crippen molar-refractivity contribution in [3.63, 3.8) is 0 Å². The lowest BCUT2D eigenvalue weighted by atomic mass is 10.3. The molecule has 2 aromatic rings. The van der Waals surface area contributed by atoms with Gasteiger partial charge in [0, 0.05) is 30.4 Å². The molecule has 0 bridgehead atoms. The Kier molecular flexibility index (Phi) is 8.05. The topological polar surface area (TPSA) is 104 Å². The smallest absolute Gasteiger partial charge is 0.410 e. The van der Waals surface area contributed by atoms with Gasteiger partial charge in [-0.2, -0.15) is 0 Å². The number of nitrogens with one attached hydrogen (secondary N) is 1. The standard InChI is InChI=1S/C18H17ClN2O6/c19-14-5-7-15(8-6-14)27-16(22)4-2-10-21-18(24)26-12-25-17(23)13-3-1-9-20-11-13/h1,3,5-9,11H,2,4,10,12H2,(H,21,24). The van der Waals surface area contributed by atoms with Gasteiger partial charge in [-0.15, -0.1) is 0 Å². The average Bonchev–Trinajstić information content (AvgIpc) is 2.67. The van der Waals surface area contributed by atoms with Gasteiger partial charge in [0.1, 0.15) is 5.75 Å². The lowest BCUT2D eigenvalue weighted by molar-refractivity contribution is -0.134. The first-order chi connectivity index (χ1) is 13.0. The maximum atomic E-state index is 11.7. The molecule has 142 valence electrons. The molecule has 0 saturated heterocycles. The lowest BCUT2D eigenvalue weighted by Gasteiger charge is -2.08. The minimum Gasteiger partial charge on any atom is -0.427 e. The van der Waals surface area contributed by atoms with E-state index in [2.05, 4.69) is 10.3 Å². The Labute approximate surface area is 160 Å². The quantitative estimate of drug-likeness (QED) is 0.318. The van der Waals surface area contributed by atoms with Crippen LogP contribution in [0, 0.1) is 0 Å². The van der Waals surface area contributed by atoms with Crippen LogP contribution in [0.25, 0.3) is 0 Å². The summed E-state index contributed by atoms with van der Waals surface area (Å²) in [7, 11) is 0. The van der Waals surface area contributed by atoms with Gasteiger partial charge in [0.25, 0.3) is 0 Å². The first-order valence-corrected chi connectivity index (χ1v) is 8.36. The molecule has 0 saturated carbocycles. The summed E-state index contributed by atoms with van der Waals surface area (Å²) in [6.45, 7) is -0.330. The van der Waals surface area contributed by atoms with Gasteiger partial charge in [-0.05, 0) is 42.8 Å². The fourth-order valence-electron chi connectivity index (χ4n) is 1.86. The van der Waals surface area contributed by atoms with Gasteiger partial charge in [0.2, 0.25) is 6.79 Å². The average molecular weight is 393 g/mol. The fraction of sp³-hybridized carbons (Fsp3) is 0.222. The Hall–Kier alpha value is -3.13. The first-order valence-electron chi connectivity index (χ1n) is 7.98. The molecule has 1 N–H and O–H groups in total. The monoisotopic (exact) mass is 392 g/mol. The minimum atomic E-state index is -0.764. The van der Waals surface area contributed by atoms with Gasteiger partial charge in [-0.3, -0.25) is 9.78 Å². The van der Waals surface area contributed by atoms with E-state index < -0.39 is 24.8 Å². The summed E-state index contributed by atoms with van der Waals surface area (Å²) in [5, 5.41) is 2.98. The van der Waals surface area contributed by atoms with Crippen LogP contribution in [-0.4, -0.2) is 36.4 Å². The molecule has 1 heterocycles. The zero-order valence-electron chi connectivity index (χ0n) is 14.2. The van der Waals surface area contributed by atoms with E-state index in [0.29, 0.717) is 17.2 Å². The molecule has 1 aromatic heterocycles. The summed E-state index contributed by atoms with van der Waals surface area (Å²) in [6, 6.07) is 9.51. The van der Waals surface area contributed by atoms with Crippen LogP contribution in [0.4, 0.5) is 4.79 Å². The molecule has 9 heteroatoms. The second-order valence-electron chi connectivity index (χ2n) is 5.18. The highest BCUT2D eigenvalue weighted by molar-refractivity contribution is 6.30. The van der Waals surface area contributed by atoms with Crippen molar-refractivity contribution in [3.05, 3.63) is 59.4 Å². The van der Waals surface area contributed by atoms with E-state index in [4.69, 9.17) is 25.8 Å². The van der Waals surface area contributed by atoms with Crippen molar-refractivity contribution in [1.82, 2.24) is 10.3 Å². The predicted octanol–water partition coefficient (Wildman–Crippen LogP) is 2.96. The Balaban J connectivity index is 1.54. The van der Waals surface area contributed by atoms with Crippen molar-refractivity contribution < 1.29 is 28.6 Å². The Morgan fingerprint density at radius 1 is 1.07 bits per heavy atom. The number of esters is 2. The first kappa shape index (κ1) is 20.2. The van der Waals surface area contributed by atoms with Crippen molar-refractivity contribution in [3.8, 4) is 5.75 Å². The molecule has 0 fully saturated rings. The van der Waals surface area contributed by atoms with Crippen LogP contribution >= 0.6 is 11.6 Å². The minimum absolute atomic E-state index is 0.110. The molecule has 8 nitrogen and oxygen atoms in total. The van der Waals surface area contributed by atoms with E-state index in [9.17, 15) is 14.4 Å². The number of carbonyl (C=O) groups is 3. The molecular formula is C18H17ClN2O6. The Morgan fingerprint density at radius 3 is 2.56 bits per heavy atom. The maximum absolute atomic E-state index is 11.7. The van der Waals surface area contributed by atoms with Gasteiger partial charge >= 0.3 is 18.0 Å². The van der Waals surface area contributed by atoms with Gasteiger partial charge < -0.3 is 19.5 Å². The van der Waals surface area contributed by atoms with Crippen molar-refractivity contribution in [2.75, 3.05) is 13.3 Å². The third-order valence-electron chi connectivity index (χ3n) is 3.15. The second kappa shape index (κ2) is 10.8. The van der Waals surface area contributed by atoms with Crippen LogP contribution in [0.1, 0.15) is 23.2 Å². The summed E-state index contributed by atoms with van der Waals surface area (Å²) in [5.41, 5.74) is 0.251. The van der Waals surface area contributed by atoms with Gasteiger partial charge in [-0.1, -0.05) is 11.6 Å². The largest absolute Gasteiger partial charge is 0.427 e. The number of halogens is 1. The van der Waals surface area contributed by atoms with E-state index in [1.54, 1.807) is 30.3 Å². The van der Waals surface area contributed by atoms with Crippen LogP contribution < -0.4 is 10.1 Å². The molecule has 0 aliphatic heterocycles. The third-order valence-corrected chi connectivity index (χ3v) is 3.40. The summed E-state index contributed by atoms with van der Waals surface area (Å²) in [4.78, 5) is 38.5. The normalized spacial score (nSPS) is 9.96. The SMILES string of the molecule is O=C(CCCNC(=O)OCOC(=O)c1cccnc1)Oc1ccc(Cl)cc1. The number of rotatable bonds is 8. The van der Waals surface area contributed by atoms with Gasteiger partial charge in [-0.25, -0.2) is 9.59 Å². The number of hydrogen-bond donors (Lipinski definition) is 1. The molecular weight excluding hydrogens is 376 g/mol. The fourth-order valence-corrected chi connectivity index (χ4v) is 1.99. The summed E-state index contributed by atoms with van der Waals surface area (Å²) in [5.74, 6) is -0.689. The second-order valence-corrected chi connectivity index (χ2v) is 5.62. The zero-order valence-corrected chi connectivity index (χ0v) is 15.0. The number of nitrogens with zero attached hydrogens (tertiary/aromatic N) is 1. The number of pyridine rings is 1. The number of benzene rings is 1. The Morgan fingerprint density at radius 2 is 1.85 bits per heavy atom. The molecule has 27 heavy (non-hydrogen) atoms. The predicted molar refractivity (Wildman–Crippen MR) is 95.3 cm³/mol. The molecule has 0 atom stereocenters. The molecule has 0 spiro atoms. The number of aromatic nitrogens is 1.